The van der Waals surface area contributed by atoms with Crippen LogP contribution in [0.15, 0.2) is 0 Å². The van der Waals surface area contributed by atoms with E-state index in [1.165, 1.54) is 0 Å². The summed E-state index contributed by atoms with van der Waals surface area (Å²) in [6, 6.07) is -2.04. The molecule has 1 aromatic heterocycles. The van der Waals surface area contributed by atoms with E-state index in [9.17, 15) is 18.0 Å². The van der Waals surface area contributed by atoms with E-state index >= 15 is 0 Å². The van der Waals surface area contributed by atoms with Crippen LogP contribution in [0.4, 0.5) is 5.13 Å². The van der Waals surface area contributed by atoms with Gasteiger partial charge in [-0.1, -0.05) is 11.3 Å². The molecule has 0 spiro atoms. The van der Waals surface area contributed by atoms with E-state index < -0.39 is 39.8 Å². The molecular weight excluding hydrogens is 322 g/mol. The highest BCUT2D eigenvalue weighted by molar-refractivity contribution is 7.87. The van der Waals surface area contributed by atoms with Gasteiger partial charge in [-0.05, 0) is 12.2 Å². The SMILES string of the molecule is O=C(O)CC(C(=O)O)N(c1n[nH]c(=S)s1)S(=O)(=O)O. The smallest absolute Gasteiger partial charge is 0.362 e. The summed E-state index contributed by atoms with van der Waals surface area (Å²) in [5.41, 5.74) is 0. The Morgan fingerprint density at radius 1 is 1.47 bits per heavy atom. The predicted octanol–water partition coefficient (Wildman–Crippen LogP) is -0.262. The van der Waals surface area contributed by atoms with Gasteiger partial charge in [-0.2, -0.15) is 8.42 Å². The molecule has 106 valence electrons. The molecule has 19 heavy (non-hydrogen) atoms. The molecule has 0 radical (unpaired) electrons. The summed E-state index contributed by atoms with van der Waals surface area (Å²) in [6.07, 6.45) is -1.05. The van der Waals surface area contributed by atoms with Gasteiger partial charge in [-0.3, -0.25) is 14.4 Å². The van der Waals surface area contributed by atoms with Crippen molar-refractivity contribution in [2.75, 3.05) is 4.31 Å². The molecular formula is C6H7N3O7S3. The van der Waals surface area contributed by atoms with Crippen LogP contribution in [0.2, 0.25) is 0 Å². The first-order valence-corrected chi connectivity index (χ1v) is 7.02. The number of H-pyrrole nitrogens is 1. The van der Waals surface area contributed by atoms with Crippen LogP contribution in [0.25, 0.3) is 0 Å². The van der Waals surface area contributed by atoms with Gasteiger partial charge in [0, 0.05) is 0 Å². The van der Waals surface area contributed by atoms with Crippen molar-refractivity contribution in [3.8, 4) is 0 Å². The molecule has 1 rings (SSSR count). The molecule has 0 bridgehead atoms. The van der Waals surface area contributed by atoms with Crippen LogP contribution in [-0.4, -0.2) is 51.4 Å². The van der Waals surface area contributed by atoms with Gasteiger partial charge in [0.05, 0.1) is 6.42 Å². The van der Waals surface area contributed by atoms with Crippen molar-refractivity contribution in [1.82, 2.24) is 10.2 Å². The molecule has 1 atom stereocenters. The minimum atomic E-state index is -5.02. The normalized spacial score (nSPS) is 12.9. The van der Waals surface area contributed by atoms with Crippen molar-refractivity contribution in [3.05, 3.63) is 3.95 Å². The molecule has 0 fully saturated rings. The summed E-state index contributed by atoms with van der Waals surface area (Å²) >= 11 is 5.22. The lowest BCUT2D eigenvalue weighted by molar-refractivity contribution is -0.144. The number of hydrogen-bond acceptors (Lipinski definition) is 7. The maximum Gasteiger partial charge on any atom is 0.362 e. The molecule has 1 heterocycles. The molecule has 1 unspecified atom stereocenters. The Balaban J connectivity index is 3.34. The summed E-state index contributed by atoms with van der Waals surface area (Å²) in [7, 11) is -5.02. The number of aromatic amines is 1. The molecule has 0 saturated carbocycles. The lowest BCUT2D eigenvalue weighted by Gasteiger charge is -2.22. The van der Waals surface area contributed by atoms with Gasteiger partial charge in [0.15, 0.2) is 10.00 Å². The molecule has 0 aromatic carbocycles. The van der Waals surface area contributed by atoms with E-state index in [0.717, 1.165) is 0 Å². The van der Waals surface area contributed by atoms with Crippen molar-refractivity contribution >= 4 is 50.9 Å². The number of aromatic nitrogens is 2. The highest BCUT2D eigenvalue weighted by Gasteiger charge is 2.37. The van der Waals surface area contributed by atoms with Crippen LogP contribution in [0.3, 0.4) is 0 Å². The third-order valence-corrected chi connectivity index (χ3v) is 3.93. The highest BCUT2D eigenvalue weighted by atomic mass is 32.2. The molecule has 1 aromatic rings. The van der Waals surface area contributed by atoms with Crippen molar-refractivity contribution in [3.63, 3.8) is 0 Å². The van der Waals surface area contributed by atoms with E-state index in [1.54, 1.807) is 0 Å². The summed E-state index contributed by atoms with van der Waals surface area (Å²) < 4.78 is 31.5. The number of rotatable bonds is 6. The van der Waals surface area contributed by atoms with Crippen LogP contribution >= 0.6 is 23.6 Å². The lowest BCUT2D eigenvalue weighted by Crippen LogP contribution is -2.46. The van der Waals surface area contributed by atoms with Gasteiger partial charge in [0.1, 0.15) is 0 Å². The summed E-state index contributed by atoms with van der Waals surface area (Å²) in [6.45, 7) is 0. The number of aliphatic carboxylic acids is 2. The molecule has 0 aliphatic carbocycles. The van der Waals surface area contributed by atoms with Crippen LogP contribution in [0, 0.1) is 3.95 Å². The molecule has 0 saturated heterocycles. The van der Waals surface area contributed by atoms with Gasteiger partial charge in [0.25, 0.3) is 0 Å². The quantitative estimate of drug-likeness (QED) is 0.407. The second-order valence-corrected chi connectivity index (χ2v) is 6.05. The Kier molecular flexibility index (Phi) is 4.56. The van der Waals surface area contributed by atoms with Crippen LogP contribution in [0.5, 0.6) is 0 Å². The standard InChI is InChI=1S/C6H7N3O7S3/c10-3(11)1-2(4(12)13)9(19(14,15)16)5-7-8-6(17)18-5/h2H,1H2,(H,8,17)(H,10,11)(H,12,13)(H,14,15,16). The van der Waals surface area contributed by atoms with Gasteiger partial charge in [-0.25, -0.2) is 9.10 Å². The first-order valence-electron chi connectivity index (χ1n) is 4.40. The second-order valence-electron chi connectivity index (χ2n) is 3.12. The number of hydrogen-bond donors (Lipinski definition) is 4. The zero-order valence-electron chi connectivity index (χ0n) is 8.88. The fourth-order valence-corrected chi connectivity index (χ4v) is 3.10. The van der Waals surface area contributed by atoms with Gasteiger partial charge in [-0.15, -0.1) is 5.10 Å². The van der Waals surface area contributed by atoms with Crippen molar-refractivity contribution in [2.45, 2.75) is 12.5 Å². The maximum absolute atomic E-state index is 11.2. The number of carboxylic acid groups (broad SMARTS) is 2. The fourth-order valence-electron chi connectivity index (χ4n) is 1.15. The van der Waals surface area contributed by atoms with E-state index in [0.29, 0.717) is 11.3 Å². The number of anilines is 1. The first-order chi connectivity index (χ1) is 8.62. The van der Waals surface area contributed by atoms with Gasteiger partial charge < -0.3 is 10.2 Å². The monoisotopic (exact) mass is 329 g/mol. The topological polar surface area (TPSA) is 161 Å². The van der Waals surface area contributed by atoms with Crippen molar-refractivity contribution in [2.24, 2.45) is 0 Å². The first kappa shape index (κ1) is 15.5. The molecule has 4 N–H and O–H groups in total. The second kappa shape index (κ2) is 5.60. The number of nitrogens with zero attached hydrogens (tertiary/aromatic N) is 2. The fraction of sp³-hybridized carbons (Fsp3) is 0.333. The average Bonchev–Trinajstić information content (AvgIpc) is 2.60. The average molecular weight is 329 g/mol. The minimum absolute atomic E-state index is 0.0135. The van der Waals surface area contributed by atoms with Crippen molar-refractivity contribution < 1.29 is 32.8 Å². The summed E-state index contributed by atoms with van der Waals surface area (Å²) in [5, 5.41) is 22.6. The lowest BCUT2D eigenvalue weighted by atomic mass is 10.2. The predicted molar refractivity (Wildman–Crippen MR) is 65.0 cm³/mol. The van der Waals surface area contributed by atoms with E-state index in [1.807, 2.05) is 0 Å². The Bertz CT molecular complexity index is 647. The number of nitrogens with one attached hydrogen (secondary N) is 1. The summed E-state index contributed by atoms with van der Waals surface area (Å²) in [5.74, 6) is -3.30. The van der Waals surface area contributed by atoms with Gasteiger partial charge >= 0.3 is 22.2 Å². The maximum atomic E-state index is 11.2. The number of carbonyl (C=O) groups is 2. The van der Waals surface area contributed by atoms with Crippen LogP contribution < -0.4 is 4.31 Å². The molecule has 0 amide bonds. The zero-order valence-corrected chi connectivity index (χ0v) is 11.3. The van der Waals surface area contributed by atoms with Gasteiger partial charge in [0.2, 0.25) is 5.13 Å². The van der Waals surface area contributed by atoms with E-state index in [2.05, 4.69) is 22.4 Å². The molecule has 0 aliphatic rings. The van der Waals surface area contributed by atoms with E-state index in [-0.39, 0.29) is 8.26 Å². The zero-order chi connectivity index (χ0) is 14.8. The van der Waals surface area contributed by atoms with Crippen LogP contribution in [-0.2, 0) is 19.9 Å². The minimum Gasteiger partial charge on any atom is -0.481 e. The Morgan fingerprint density at radius 2 is 2.05 bits per heavy atom. The molecule has 13 heteroatoms. The molecule has 0 aliphatic heterocycles. The van der Waals surface area contributed by atoms with Crippen molar-refractivity contribution in [1.29, 1.82) is 0 Å². The number of carboxylic acids is 2. The summed E-state index contributed by atoms with van der Waals surface area (Å²) in [4.78, 5) is 21.5. The largest absolute Gasteiger partial charge is 0.481 e. The Labute approximate surface area is 115 Å². The molecule has 10 nitrogen and oxygen atoms in total. The van der Waals surface area contributed by atoms with E-state index in [4.69, 9.17) is 14.8 Å². The van der Waals surface area contributed by atoms with Crippen LogP contribution in [0.1, 0.15) is 6.42 Å². The Morgan fingerprint density at radius 3 is 2.37 bits per heavy atom. The highest BCUT2D eigenvalue weighted by Crippen LogP contribution is 2.24. The third kappa shape index (κ3) is 3.95. The Hall–Kier alpha value is -1.57. The third-order valence-electron chi connectivity index (χ3n) is 1.80.